The first kappa shape index (κ1) is 12.3. The molecular formula is C15H20N4O. The zero-order chi connectivity index (χ0) is 13.4. The third kappa shape index (κ3) is 2.11. The third-order valence-electron chi connectivity index (χ3n) is 4.54. The zero-order valence-corrected chi connectivity index (χ0v) is 11.6. The lowest BCUT2D eigenvalue weighted by molar-refractivity contribution is 0.193. The van der Waals surface area contributed by atoms with Gasteiger partial charge in [-0.15, -0.1) is 0 Å². The second-order valence-electron chi connectivity index (χ2n) is 5.81. The van der Waals surface area contributed by atoms with E-state index in [4.69, 9.17) is 4.74 Å². The molecule has 0 amide bonds. The molecule has 4 heterocycles. The van der Waals surface area contributed by atoms with Crippen molar-refractivity contribution in [2.45, 2.75) is 31.1 Å². The molecule has 2 N–H and O–H groups in total. The van der Waals surface area contributed by atoms with Crippen LogP contribution in [0.1, 0.15) is 42.5 Å². The fraction of sp³-hybridized carbons (Fsp3) is 0.600. The van der Waals surface area contributed by atoms with Gasteiger partial charge in [0, 0.05) is 18.7 Å². The largest absolute Gasteiger partial charge is 0.381 e. The van der Waals surface area contributed by atoms with E-state index in [0.717, 1.165) is 49.7 Å². The molecule has 0 spiro atoms. The molecule has 106 valence electrons. The van der Waals surface area contributed by atoms with E-state index in [2.05, 4.69) is 26.3 Å². The first-order chi connectivity index (χ1) is 9.92. The molecule has 2 fully saturated rings. The normalized spacial score (nSPS) is 24.5. The van der Waals surface area contributed by atoms with Gasteiger partial charge in [-0.25, -0.2) is 9.97 Å². The monoisotopic (exact) mass is 272 g/mol. The fourth-order valence-electron chi connectivity index (χ4n) is 3.36. The van der Waals surface area contributed by atoms with Gasteiger partial charge in [0.1, 0.15) is 5.82 Å². The highest BCUT2D eigenvalue weighted by molar-refractivity contribution is 5.75. The number of H-pyrrole nitrogens is 1. The van der Waals surface area contributed by atoms with Crippen LogP contribution in [0.25, 0.3) is 11.2 Å². The molecule has 4 rings (SSSR count). The summed E-state index contributed by atoms with van der Waals surface area (Å²) in [6, 6.07) is 2.16. The lowest BCUT2D eigenvalue weighted by Gasteiger charge is -2.23. The van der Waals surface area contributed by atoms with Crippen molar-refractivity contribution in [1.29, 1.82) is 0 Å². The second-order valence-corrected chi connectivity index (χ2v) is 5.81. The predicted octanol–water partition coefficient (Wildman–Crippen LogP) is 1.93. The van der Waals surface area contributed by atoms with Crippen LogP contribution >= 0.6 is 0 Å². The molecule has 2 saturated heterocycles. The van der Waals surface area contributed by atoms with E-state index < -0.39 is 0 Å². The van der Waals surface area contributed by atoms with Gasteiger partial charge < -0.3 is 15.0 Å². The Morgan fingerprint density at radius 1 is 1.15 bits per heavy atom. The summed E-state index contributed by atoms with van der Waals surface area (Å²) in [5.74, 6) is 2.08. The first-order valence-corrected chi connectivity index (χ1v) is 7.55. The SMILES string of the molecule is c1cc(C2CCNCC2)c2[nH]c([C@H]3CCOC3)nc2n1. The Morgan fingerprint density at radius 3 is 2.85 bits per heavy atom. The molecule has 1 atom stereocenters. The molecule has 2 aromatic rings. The van der Waals surface area contributed by atoms with Crippen LogP contribution in [0, 0.1) is 0 Å². The molecule has 0 saturated carbocycles. The van der Waals surface area contributed by atoms with Gasteiger partial charge in [-0.3, -0.25) is 0 Å². The van der Waals surface area contributed by atoms with E-state index in [1.165, 1.54) is 18.4 Å². The molecular weight excluding hydrogens is 252 g/mol. The average molecular weight is 272 g/mol. The second kappa shape index (κ2) is 5.14. The molecule has 20 heavy (non-hydrogen) atoms. The molecule has 2 aliphatic rings. The topological polar surface area (TPSA) is 62.8 Å². The highest BCUT2D eigenvalue weighted by Crippen LogP contribution is 2.31. The van der Waals surface area contributed by atoms with Gasteiger partial charge in [0.2, 0.25) is 0 Å². The highest BCUT2D eigenvalue weighted by Gasteiger charge is 2.24. The average Bonchev–Trinajstić information content (AvgIpc) is 3.16. The number of nitrogens with one attached hydrogen (secondary N) is 2. The lowest BCUT2D eigenvalue weighted by Crippen LogP contribution is -2.26. The number of aromatic nitrogens is 3. The Kier molecular flexibility index (Phi) is 3.16. The van der Waals surface area contributed by atoms with Crippen molar-refractivity contribution in [2.24, 2.45) is 0 Å². The molecule has 0 aliphatic carbocycles. The van der Waals surface area contributed by atoms with E-state index >= 15 is 0 Å². The van der Waals surface area contributed by atoms with Gasteiger partial charge in [0.05, 0.1) is 12.1 Å². The summed E-state index contributed by atoms with van der Waals surface area (Å²) in [5.41, 5.74) is 3.39. The smallest absolute Gasteiger partial charge is 0.177 e. The third-order valence-corrected chi connectivity index (χ3v) is 4.54. The Hall–Kier alpha value is -1.46. The summed E-state index contributed by atoms with van der Waals surface area (Å²) in [4.78, 5) is 12.6. The zero-order valence-electron chi connectivity index (χ0n) is 11.6. The number of aromatic amines is 1. The highest BCUT2D eigenvalue weighted by atomic mass is 16.5. The van der Waals surface area contributed by atoms with Gasteiger partial charge in [-0.1, -0.05) is 0 Å². The number of pyridine rings is 1. The van der Waals surface area contributed by atoms with Crippen LogP contribution in [0.15, 0.2) is 12.3 Å². The minimum absolute atomic E-state index is 0.407. The van der Waals surface area contributed by atoms with Gasteiger partial charge in [0.15, 0.2) is 5.65 Å². The Labute approximate surface area is 118 Å². The van der Waals surface area contributed by atoms with E-state index in [1.54, 1.807) is 0 Å². The predicted molar refractivity (Wildman–Crippen MR) is 76.9 cm³/mol. The minimum atomic E-state index is 0.407. The van der Waals surface area contributed by atoms with Crippen LogP contribution in [-0.2, 0) is 4.74 Å². The van der Waals surface area contributed by atoms with Crippen LogP contribution in [0.3, 0.4) is 0 Å². The number of fused-ring (bicyclic) bond motifs is 1. The Morgan fingerprint density at radius 2 is 2.05 bits per heavy atom. The van der Waals surface area contributed by atoms with E-state index in [0.29, 0.717) is 11.8 Å². The van der Waals surface area contributed by atoms with E-state index in [9.17, 15) is 0 Å². The summed E-state index contributed by atoms with van der Waals surface area (Å²) < 4.78 is 5.47. The van der Waals surface area contributed by atoms with Crippen LogP contribution in [0.5, 0.6) is 0 Å². The fourth-order valence-corrected chi connectivity index (χ4v) is 3.36. The Balaban J connectivity index is 1.73. The van der Waals surface area contributed by atoms with Crippen molar-refractivity contribution in [3.63, 3.8) is 0 Å². The molecule has 0 bridgehead atoms. The maximum atomic E-state index is 5.47. The van der Waals surface area contributed by atoms with Gasteiger partial charge in [0.25, 0.3) is 0 Å². The lowest BCUT2D eigenvalue weighted by atomic mass is 9.90. The molecule has 0 unspecified atom stereocenters. The molecule has 5 heteroatoms. The summed E-state index contributed by atoms with van der Waals surface area (Å²) in [7, 11) is 0. The van der Waals surface area contributed by atoms with Gasteiger partial charge in [-0.2, -0.15) is 0 Å². The summed E-state index contributed by atoms with van der Waals surface area (Å²) >= 11 is 0. The number of hydrogen-bond donors (Lipinski definition) is 2. The van der Waals surface area contributed by atoms with Crippen LogP contribution < -0.4 is 5.32 Å². The standard InChI is InChI=1S/C15H20N4O/c1-5-16-6-2-10(1)12-3-7-17-15-13(12)18-14(19-15)11-4-8-20-9-11/h3,7,10-11,16H,1-2,4-6,8-9H2,(H,17,18,19)/t11-/m0/s1. The van der Waals surface area contributed by atoms with Crippen molar-refractivity contribution in [3.05, 3.63) is 23.7 Å². The molecule has 2 aliphatic heterocycles. The summed E-state index contributed by atoms with van der Waals surface area (Å²) in [6.45, 7) is 3.83. The van der Waals surface area contributed by atoms with E-state index in [1.807, 2.05) is 6.20 Å². The number of piperidine rings is 1. The number of hydrogen-bond acceptors (Lipinski definition) is 4. The van der Waals surface area contributed by atoms with Crippen molar-refractivity contribution >= 4 is 11.2 Å². The van der Waals surface area contributed by atoms with Crippen molar-refractivity contribution in [3.8, 4) is 0 Å². The summed E-state index contributed by atoms with van der Waals surface area (Å²) in [6.07, 6.45) is 5.35. The maximum absolute atomic E-state index is 5.47. The number of imidazole rings is 1. The van der Waals surface area contributed by atoms with Gasteiger partial charge in [-0.05, 0) is 49.9 Å². The number of nitrogens with zero attached hydrogens (tertiary/aromatic N) is 2. The molecule has 2 aromatic heterocycles. The number of rotatable bonds is 2. The van der Waals surface area contributed by atoms with Crippen molar-refractivity contribution in [2.75, 3.05) is 26.3 Å². The molecule has 5 nitrogen and oxygen atoms in total. The Bertz CT molecular complexity index is 597. The van der Waals surface area contributed by atoms with Crippen molar-refractivity contribution in [1.82, 2.24) is 20.3 Å². The quantitative estimate of drug-likeness (QED) is 0.877. The van der Waals surface area contributed by atoms with Crippen molar-refractivity contribution < 1.29 is 4.74 Å². The van der Waals surface area contributed by atoms with Crippen LogP contribution in [-0.4, -0.2) is 41.3 Å². The maximum Gasteiger partial charge on any atom is 0.177 e. The summed E-state index contributed by atoms with van der Waals surface area (Å²) in [5, 5.41) is 3.42. The van der Waals surface area contributed by atoms with Gasteiger partial charge >= 0.3 is 0 Å². The van der Waals surface area contributed by atoms with Crippen LogP contribution in [0.2, 0.25) is 0 Å². The number of ether oxygens (including phenoxy) is 1. The minimum Gasteiger partial charge on any atom is -0.381 e. The van der Waals surface area contributed by atoms with E-state index in [-0.39, 0.29) is 0 Å². The molecule has 0 aromatic carbocycles. The molecule has 0 radical (unpaired) electrons. The van der Waals surface area contributed by atoms with Crippen LogP contribution in [0.4, 0.5) is 0 Å². The first-order valence-electron chi connectivity index (χ1n) is 7.55.